The van der Waals surface area contributed by atoms with Crippen molar-refractivity contribution in [3.63, 3.8) is 0 Å². The molecule has 0 saturated carbocycles. The van der Waals surface area contributed by atoms with Gasteiger partial charge in [0.1, 0.15) is 5.75 Å². The molecule has 3 fully saturated rings. The molecule has 4 heteroatoms. The summed E-state index contributed by atoms with van der Waals surface area (Å²) in [4.78, 5) is 7.52. The van der Waals surface area contributed by atoms with Gasteiger partial charge in [-0.2, -0.15) is 0 Å². The van der Waals surface area contributed by atoms with Gasteiger partial charge in [-0.3, -0.25) is 4.90 Å². The molecule has 2 N–H and O–H groups in total. The monoisotopic (exact) mass is 399 g/mol. The third-order valence-electron chi connectivity index (χ3n) is 7.04. The zero-order valence-corrected chi connectivity index (χ0v) is 17.5. The minimum atomic E-state index is -0.0707. The number of benzene rings is 2. The van der Waals surface area contributed by atoms with E-state index in [9.17, 15) is 0 Å². The molecule has 6 rings (SSSR count). The van der Waals surface area contributed by atoms with Gasteiger partial charge in [-0.1, -0.05) is 36.4 Å². The highest BCUT2D eigenvalue weighted by atomic mass is 16.5. The van der Waals surface area contributed by atoms with Gasteiger partial charge in [-0.25, -0.2) is 4.98 Å². The molecule has 1 unspecified atom stereocenters. The summed E-state index contributed by atoms with van der Waals surface area (Å²) in [6.45, 7) is 6.26. The fourth-order valence-electron chi connectivity index (χ4n) is 5.35. The maximum Gasteiger partial charge on any atom is 0.119 e. The number of aromatic nitrogens is 1. The Balaban J connectivity index is 1.60. The van der Waals surface area contributed by atoms with E-state index in [2.05, 4.69) is 54.0 Å². The van der Waals surface area contributed by atoms with E-state index in [1.54, 1.807) is 7.11 Å². The Labute approximate surface area is 178 Å². The number of methoxy groups -OCH3 is 1. The van der Waals surface area contributed by atoms with Crippen molar-refractivity contribution in [2.75, 3.05) is 20.2 Å². The summed E-state index contributed by atoms with van der Waals surface area (Å²) < 4.78 is 5.51. The van der Waals surface area contributed by atoms with E-state index < -0.39 is 0 Å². The van der Waals surface area contributed by atoms with Crippen molar-refractivity contribution in [1.29, 1.82) is 0 Å². The number of hydrogen-bond acceptors (Lipinski definition) is 4. The van der Waals surface area contributed by atoms with Crippen molar-refractivity contribution >= 4 is 10.9 Å². The van der Waals surface area contributed by atoms with E-state index in [-0.39, 0.29) is 6.04 Å². The maximum absolute atomic E-state index is 7.01. The van der Waals surface area contributed by atoms with E-state index in [1.807, 2.05) is 18.2 Å². The Morgan fingerprint density at radius 1 is 1.20 bits per heavy atom. The first-order valence-electron chi connectivity index (χ1n) is 10.8. The van der Waals surface area contributed by atoms with Gasteiger partial charge in [-0.05, 0) is 61.1 Å². The average Bonchev–Trinajstić information content (AvgIpc) is 2.83. The van der Waals surface area contributed by atoms with Crippen LogP contribution in [0.25, 0.3) is 22.2 Å². The van der Waals surface area contributed by atoms with Gasteiger partial charge in [-0.15, -0.1) is 6.58 Å². The number of pyridine rings is 1. The first kappa shape index (κ1) is 19.3. The van der Waals surface area contributed by atoms with E-state index in [0.29, 0.717) is 17.9 Å². The summed E-state index contributed by atoms with van der Waals surface area (Å²) in [7, 11) is 1.70. The minimum Gasteiger partial charge on any atom is -0.497 e. The normalized spacial score (nSPS) is 26.5. The van der Waals surface area contributed by atoms with Gasteiger partial charge >= 0.3 is 0 Å². The summed E-state index contributed by atoms with van der Waals surface area (Å²) in [5, 5.41) is 1.09. The Kier molecular flexibility index (Phi) is 5.05. The van der Waals surface area contributed by atoms with Crippen LogP contribution >= 0.6 is 0 Å². The van der Waals surface area contributed by atoms with Crippen molar-refractivity contribution in [3.05, 3.63) is 72.8 Å². The molecule has 1 aromatic heterocycles. The number of nitrogens with two attached hydrogens (primary N) is 1. The molecule has 4 nitrogen and oxygen atoms in total. The van der Waals surface area contributed by atoms with E-state index in [0.717, 1.165) is 53.0 Å². The van der Waals surface area contributed by atoms with Crippen LogP contribution in [0.4, 0.5) is 0 Å². The molecule has 0 spiro atoms. The van der Waals surface area contributed by atoms with Crippen molar-refractivity contribution in [1.82, 2.24) is 9.88 Å². The lowest BCUT2D eigenvalue weighted by Gasteiger charge is -2.51. The first-order valence-corrected chi connectivity index (χ1v) is 10.8. The Morgan fingerprint density at radius 3 is 2.73 bits per heavy atom. The molecule has 2 bridgehead atoms. The highest BCUT2D eigenvalue weighted by molar-refractivity contribution is 5.87. The second-order valence-electron chi connectivity index (χ2n) is 8.62. The lowest BCUT2D eigenvalue weighted by atomic mass is 9.73. The highest BCUT2D eigenvalue weighted by Crippen LogP contribution is 2.42. The average molecular weight is 400 g/mol. The molecule has 5 atom stereocenters. The van der Waals surface area contributed by atoms with Crippen LogP contribution in [0.5, 0.6) is 5.75 Å². The molecule has 154 valence electrons. The first-order chi connectivity index (χ1) is 14.7. The van der Waals surface area contributed by atoms with Gasteiger partial charge < -0.3 is 10.5 Å². The topological polar surface area (TPSA) is 51.4 Å². The molecule has 4 heterocycles. The second-order valence-corrected chi connectivity index (χ2v) is 8.62. The molecule has 3 aromatic rings. The molecular formula is C26H29N3O. The number of nitrogens with zero attached hydrogens (tertiary/aromatic N) is 2. The van der Waals surface area contributed by atoms with Crippen LogP contribution in [0.1, 0.15) is 24.4 Å². The number of hydrogen-bond donors (Lipinski definition) is 1. The van der Waals surface area contributed by atoms with Gasteiger partial charge in [0.25, 0.3) is 0 Å². The van der Waals surface area contributed by atoms with Crippen molar-refractivity contribution in [2.45, 2.75) is 24.9 Å². The smallest absolute Gasteiger partial charge is 0.119 e. The Morgan fingerprint density at radius 2 is 2.03 bits per heavy atom. The zero-order valence-electron chi connectivity index (χ0n) is 17.5. The molecule has 3 aliphatic heterocycles. The lowest BCUT2D eigenvalue weighted by molar-refractivity contribution is 0.00750. The number of ether oxygens (including phenoxy) is 1. The molecular weight excluding hydrogens is 370 g/mol. The summed E-state index contributed by atoms with van der Waals surface area (Å²) in [6, 6.07) is 18.9. The van der Waals surface area contributed by atoms with E-state index >= 15 is 0 Å². The standard InChI is InChI=1S/C26H29N3O/c1-3-17-16-29-12-11-19(17)13-25(29)26(27)22-15-24(18-7-5-4-6-8-18)28-23-10-9-20(30-2)14-21(22)23/h3-10,14-15,17,19,25-26H,1,11-13,16,27H2,2H3/t17-,19-,25+,26-/m0/s1. The van der Waals surface area contributed by atoms with Gasteiger partial charge in [0.2, 0.25) is 0 Å². The summed E-state index contributed by atoms with van der Waals surface area (Å²) in [5.41, 5.74) is 11.2. The van der Waals surface area contributed by atoms with Gasteiger partial charge in [0.05, 0.1) is 18.3 Å². The molecule has 2 aromatic carbocycles. The predicted molar refractivity (Wildman–Crippen MR) is 122 cm³/mol. The lowest BCUT2D eigenvalue weighted by Crippen LogP contribution is -2.56. The molecule has 30 heavy (non-hydrogen) atoms. The summed E-state index contributed by atoms with van der Waals surface area (Å²) in [6.07, 6.45) is 4.52. The molecule has 3 aliphatic rings. The molecule has 0 amide bonds. The fourth-order valence-corrected chi connectivity index (χ4v) is 5.35. The molecule has 3 saturated heterocycles. The second kappa shape index (κ2) is 7.86. The van der Waals surface area contributed by atoms with Crippen molar-refractivity contribution in [3.8, 4) is 17.0 Å². The van der Waals surface area contributed by atoms with Gasteiger partial charge in [0.15, 0.2) is 0 Å². The van der Waals surface area contributed by atoms with E-state index in [4.69, 9.17) is 15.5 Å². The van der Waals surface area contributed by atoms with Gasteiger partial charge in [0, 0.05) is 29.6 Å². The van der Waals surface area contributed by atoms with Crippen molar-refractivity contribution < 1.29 is 4.74 Å². The third-order valence-corrected chi connectivity index (χ3v) is 7.04. The van der Waals surface area contributed by atoms with Crippen LogP contribution in [0.2, 0.25) is 0 Å². The van der Waals surface area contributed by atoms with Crippen LogP contribution < -0.4 is 10.5 Å². The highest BCUT2D eigenvalue weighted by Gasteiger charge is 2.41. The SMILES string of the molecule is C=C[C@H]1CN2CC[C@H]1C[C@@H]2[C@@H](N)c1cc(-c2ccccc2)nc2ccc(OC)cc12. The van der Waals surface area contributed by atoms with Crippen LogP contribution in [0.3, 0.4) is 0 Å². The van der Waals surface area contributed by atoms with Crippen LogP contribution in [0, 0.1) is 11.8 Å². The predicted octanol–water partition coefficient (Wildman–Crippen LogP) is 4.81. The minimum absolute atomic E-state index is 0.0707. The quantitative estimate of drug-likeness (QED) is 0.626. The third kappa shape index (κ3) is 3.30. The largest absolute Gasteiger partial charge is 0.497 e. The number of fused-ring (bicyclic) bond motifs is 4. The molecule has 0 radical (unpaired) electrons. The van der Waals surface area contributed by atoms with E-state index in [1.165, 1.54) is 6.42 Å². The number of piperidine rings is 3. The van der Waals surface area contributed by atoms with Crippen LogP contribution in [0.15, 0.2) is 67.3 Å². The zero-order chi connectivity index (χ0) is 20.7. The molecule has 0 aliphatic carbocycles. The number of rotatable bonds is 5. The maximum atomic E-state index is 7.01. The fraction of sp³-hybridized carbons (Fsp3) is 0.346. The van der Waals surface area contributed by atoms with Crippen LogP contribution in [-0.2, 0) is 0 Å². The summed E-state index contributed by atoms with van der Waals surface area (Å²) in [5.74, 6) is 2.12. The van der Waals surface area contributed by atoms with Crippen LogP contribution in [-0.4, -0.2) is 36.1 Å². The Hall–Kier alpha value is -2.69. The Bertz CT molecular complexity index is 1060. The summed E-state index contributed by atoms with van der Waals surface area (Å²) >= 11 is 0. The van der Waals surface area contributed by atoms with Crippen molar-refractivity contribution in [2.24, 2.45) is 17.6 Å².